The van der Waals surface area contributed by atoms with E-state index in [4.69, 9.17) is 0 Å². The minimum absolute atomic E-state index is 0.127. The fourth-order valence-corrected chi connectivity index (χ4v) is 3.06. The van der Waals surface area contributed by atoms with Crippen molar-refractivity contribution in [2.45, 2.75) is 45.6 Å². The van der Waals surface area contributed by atoms with Crippen LogP contribution in [0.4, 0.5) is 0 Å². The number of hydrogen-bond acceptors (Lipinski definition) is 2. The molecule has 1 saturated heterocycles. The molecule has 1 unspecified atom stereocenters. The summed E-state index contributed by atoms with van der Waals surface area (Å²) >= 11 is 0. The van der Waals surface area contributed by atoms with Crippen LogP contribution in [-0.2, 0) is 4.79 Å². The van der Waals surface area contributed by atoms with Crippen molar-refractivity contribution in [2.75, 3.05) is 13.1 Å². The summed E-state index contributed by atoms with van der Waals surface area (Å²) in [6.45, 7) is 6.15. The highest BCUT2D eigenvalue weighted by Gasteiger charge is 2.38. The van der Waals surface area contributed by atoms with Gasteiger partial charge in [0.05, 0.1) is 11.5 Å². The second kappa shape index (κ2) is 6.89. The Labute approximate surface area is 122 Å². The molecule has 1 heterocycles. The molecule has 0 bridgehead atoms. The first kappa shape index (κ1) is 15.0. The smallest absolute Gasteiger partial charge is 0.226 e. The van der Waals surface area contributed by atoms with Gasteiger partial charge in [0, 0.05) is 0 Å². The van der Waals surface area contributed by atoms with Crippen LogP contribution in [0, 0.1) is 5.41 Å². The van der Waals surface area contributed by atoms with E-state index in [0.717, 1.165) is 38.8 Å². The van der Waals surface area contributed by atoms with E-state index in [-0.39, 0.29) is 17.4 Å². The zero-order valence-corrected chi connectivity index (χ0v) is 12.6. The number of hydrogen-bond donors (Lipinski definition) is 2. The largest absolute Gasteiger partial charge is 0.349 e. The Balaban J connectivity index is 2.08. The first-order valence-corrected chi connectivity index (χ1v) is 7.78. The van der Waals surface area contributed by atoms with E-state index in [1.807, 2.05) is 18.2 Å². The maximum absolute atomic E-state index is 12.8. The van der Waals surface area contributed by atoms with Crippen LogP contribution < -0.4 is 10.6 Å². The molecule has 3 nitrogen and oxygen atoms in total. The van der Waals surface area contributed by atoms with E-state index in [9.17, 15) is 4.79 Å². The van der Waals surface area contributed by atoms with Crippen LogP contribution in [0.2, 0.25) is 0 Å². The van der Waals surface area contributed by atoms with Crippen molar-refractivity contribution < 1.29 is 4.79 Å². The SMILES string of the molecule is CCC(NC(=O)C1(CC)CCNCC1)c1ccccc1. The maximum Gasteiger partial charge on any atom is 0.226 e. The van der Waals surface area contributed by atoms with Gasteiger partial charge < -0.3 is 10.6 Å². The molecule has 110 valence electrons. The van der Waals surface area contributed by atoms with Gasteiger partial charge in [-0.1, -0.05) is 44.2 Å². The molecule has 1 aromatic rings. The predicted molar refractivity (Wildman–Crippen MR) is 82.4 cm³/mol. The van der Waals surface area contributed by atoms with Crippen molar-refractivity contribution >= 4 is 5.91 Å². The topological polar surface area (TPSA) is 41.1 Å². The molecule has 0 aliphatic carbocycles. The number of rotatable bonds is 5. The lowest BCUT2D eigenvalue weighted by Crippen LogP contribution is -2.48. The standard InChI is InChI=1S/C17H26N2O/c1-3-15(14-8-6-5-7-9-14)19-16(20)17(4-2)10-12-18-13-11-17/h5-9,15,18H,3-4,10-13H2,1-2H3,(H,19,20). The predicted octanol–water partition coefficient (Wildman–Crippen LogP) is 3.03. The molecular formula is C17H26N2O. The Bertz CT molecular complexity index is 424. The number of carbonyl (C=O) groups excluding carboxylic acids is 1. The normalized spacial score (nSPS) is 19.3. The van der Waals surface area contributed by atoms with Crippen LogP contribution >= 0.6 is 0 Å². The summed E-state index contributed by atoms with van der Waals surface area (Å²) in [5, 5.41) is 6.63. The molecule has 0 aromatic heterocycles. The van der Waals surface area contributed by atoms with Crippen molar-refractivity contribution in [3.63, 3.8) is 0 Å². The van der Waals surface area contributed by atoms with Gasteiger partial charge in [0.15, 0.2) is 0 Å². The van der Waals surface area contributed by atoms with Crippen molar-refractivity contribution in [2.24, 2.45) is 5.41 Å². The number of nitrogens with one attached hydrogen (secondary N) is 2. The number of benzene rings is 1. The minimum Gasteiger partial charge on any atom is -0.349 e. The minimum atomic E-state index is -0.173. The molecule has 0 saturated carbocycles. The van der Waals surface area contributed by atoms with Gasteiger partial charge in [0.25, 0.3) is 0 Å². The molecule has 1 atom stereocenters. The fourth-order valence-electron chi connectivity index (χ4n) is 3.06. The molecule has 1 aromatic carbocycles. The number of amides is 1. The lowest BCUT2D eigenvalue weighted by Gasteiger charge is -2.36. The third kappa shape index (κ3) is 3.21. The van der Waals surface area contributed by atoms with E-state index < -0.39 is 0 Å². The Kier molecular flexibility index (Phi) is 5.18. The second-order valence-corrected chi connectivity index (χ2v) is 5.73. The molecule has 2 N–H and O–H groups in total. The van der Waals surface area contributed by atoms with Crippen molar-refractivity contribution in [3.05, 3.63) is 35.9 Å². The summed E-state index contributed by atoms with van der Waals surface area (Å²) in [6, 6.07) is 10.4. The zero-order valence-electron chi connectivity index (χ0n) is 12.6. The van der Waals surface area contributed by atoms with Gasteiger partial charge in [0.2, 0.25) is 5.91 Å². The molecule has 20 heavy (non-hydrogen) atoms. The average Bonchev–Trinajstić information content (AvgIpc) is 2.53. The van der Waals surface area contributed by atoms with E-state index >= 15 is 0 Å². The molecule has 1 fully saturated rings. The molecular weight excluding hydrogens is 248 g/mol. The highest BCUT2D eigenvalue weighted by Crippen LogP contribution is 2.33. The Morgan fingerprint density at radius 2 is 1.90 bits per heavy atom. The van der Waals surface area contributed by atoms with Gasteiger partial charge >= 0.3 is 0 Å². The summed E-state index contributed by atoms with van der Waals surface area (Å²) in [6.07, 6.45) is 3.74. The van der Waals surface area contributed by atoms with Crippen LogP contribution in [0.5, 0.6) is 0 Å². The number of piperidine rings is 1. The molecule has 0 spiro atoms. The summed E-state index contributed by atoms with van der Waals surface area (Å²) in [7, 11) is 0. The second-order valence-electron chi connectivity index (χ2n) is 5.73. The number of carbonyl (C=O) groups is 1. The molecule has 1 amide bonds. The Morgan fingerprint density at radius 1 is 1.25 bits per heavy atom. The maximum atomic E-state index is 12.8. The highest BCUT2D eigenvalue weighted by atomic mass is 16.2. The van der Waals surface area contributed by atoms with E-state index in [1.165, 1.54) is 5.56 Å². The van der Waals surface area contributed by atoms with Crippen molar-refractivity contribution in [3.8, 4) is 0 Å². The average molecular weight is 274 g/mol. The lowest BCUT2D eigenvalue weighted by molar-refractivity contribution is -0.133. The van der Waals surface area contributed by atoms with Crippen LogP contribution in [0.15, 0.2) is 30.3 Å². The van der Waals surface area contributed by atoms with Gasteiger partial charge in [0.1, 0.15) is 0 Å². The molecule has 3 heteroatoms. The Hall–Kier alpha value is -1.35. The third-order valence-electron chi connectivity index (χ3n) is 4.63. The first-order chi connectivity index (χ1) is 9.72. The quantitative estimate of drug-likeness (QED) is 0.866. The van der Waals surface area contributed by atoms with Gasteiger partial charge in [-0.15, -0.1) is 0 Å². The van der Waals surface area contributed by atoms with Crippen LogP contribution in [0.3, 0.4) is 0 Å². The van der Waals surface area contributed by atoms with Crippen LogP contribution in [0.1, 0.15) is 51.1 Å². The van der Waals surface area contributed by atoms with Gasteiger partial charge in [-0.2, -0.15) is 0 Å². The Morgan fingerprint density at radius 3 is 2.45 bits per heavy atom. The zero-order chi connectivity index (χ0) is 14.4. The van der Waals surface area contributed by atoms with Crippen molar-refractivity contribution in [1.29, 1.82) is 0 Å². The third-order valence-corrected chi connectivity index (χ3v) is 4.63. The molecule has 2 rings (SSSR count). The lowest BCUT2D eigenvalue weighted by atomic mass is 9.75. The first-order valence-electron chi connectivity index (χ1n) is 7.78. The molecule has 1 aliphatic rings. The van der Waals surface area contributed by atoms with E-state index in [1.54, 1.807) is 0 Å². The highest BCUT2D eigenvalue weighted by molar-refractivity contribution is 5.83. The van der Waals surface area contributed by atoms with Crippen LogP contribution in [0.25, 0.3) is 0 Å². The fraction of sp³-hybridized carbons (Fsp3) is 0.588. The van der Waals surface area contributed by atoms with Gasteiger partial charge in [-0.25, -0.2) is 0 Å². The van der Waals surface area contributed by atoms with Crippen LogP contribution in [-0.4, -0.2) is 19.0 Å². The molecule has 0 radical (unpaired) electrons. The van der Waals surface area contributed by atoms with Gasteiger partial charge in [-0.05, 0) is 44.3 Å². The van der Waals surface area contributed by atoms with E-state index in [2.05, 4.69) is 36.6 Å². The summed E-state index contributed by atoms with van der Waals surface area (Å²) in [4.78, 5) is 12.8. The summed E-state index contributed by atoms with van der Waals surface area (Å²) < 4.78 is 0. The van der Waals surface area contributed by atoms with Gasteiger partial charge in [-0.3, -0.25) is 4.79 Å². The monoisotopic (exact) mass is 274 g/mol. The molecule has 1 aliphatic heterocycles. The summed E-state index contributed by atoms with van der Waals surface area (Å²) in [5.41, 5.74) is 1.02. The van der Waals surface area contributed by atoms with Crippen molar-refractivity contribution in [1.82, 2.24) is 10.6 Å². The summed E-state index contributed by atoms with van der Waals surface area (Å²) in [5.74, 6) is 0.234. The van der Waals surface area contributed by atoms with E-state index in [0.29, 0.717) is 0 Å².